The number of piperazine rings is 1. The van der Waals surface area contributed by atoms with E-state index in [1.165, 1.54) is 6.26 Å². The summed E-state index contributed by atoms with van der Waals surface area (Å²) >= 11 is 0. The van der Waals surface area contributed by atoms with Gasteiger partial charge < -0.3 is 19.1 Å². The standard InChI is InChI=1S/C20H22N4O4/c25-18-12-16(14-24(18)13-15-3-5-21-6-4-15)19(26)22-7-9-23(10-8-22)20(27)17-2-1-11-28-17/h1-6,11,16H,7-10,12-14H2. The molecule has 28 heavy (non-hydrogen) atoms. The molecular weight excluding hydrogens is 360 g/mol. The van der Waals surface area contributed by atoms with Gasteiger partial charge in [-0.05, 0) is 29.8 Å². The van der Waals surface area contributed by atoms with E-state index in [4.69, 9.17) is 4.42 Å². The highest BCUT2D eigenvalue weighted by atomic mass is 16.3. The fraction of sp³-hybridized carbons (Fsp3) is 0.400. The van der Waals surface area contributed by atoms with Crippen LogP contribution in [0.15, 0.2) is 47.3 Å². The van der Waals surface area contributed by atoms with Crippen LogP contribution in [-0.4, -0.2) is 70.1 Å². The number of likely N-dealkylation sites (tertiary alicyclic amines) is 1. The van der Waals surface area contributed by atoms with Gasteiger partial charge >= 0.3 is 0 Å². The monoisotopic (exact) mass is 382 g/mol. The molecule has 2 saturated heterocycles. The zero-order valence-electron chi connectivity index (χ0n) is 15.5. The fourth-order valence-electron chi connectivity index (χ4n) is 3.74. The van der Waals surface area contributed by atoms with Crippen molar-refractivity contribution in [2.24, 2.45) is 5.92 Å². The predicted octanol–water partition coefficient (Wildman–Crippen LogP) is 1.01. The molecule has 3 amide bonds. The highest BCUT2D eigenvalue weighted by Crippen LogP contribution is 2.23. The highest BCUT2D eigenvalue weighted by Gasteiger charge is 2.37. The Hall–Kier alpha value is -3.16. The molecule has 2 aliphatic heterocycles. The summed E-state index contributed by atoms with van der Waals surface area (Å²) in [5.74, 6) is -0.163. The van der Waals surface area contributed by atoms with Crippen LogP contribution in [0, 0.1) is 5.92 Å². The van der Waals surface area contributed by atoms with E-state index in [2.05, 4.69) is 4.98 Å². The number of hydrogen-bond acceptors (Lipinski definition) is 5. The van der Waals surface area contributed by atoms with Gasteiger partial charge in [-0.2, -0.15) is 0 Å². The Morgan fingerprint density at radius 3 is 2.46 bits per heavy atom. The number of carbonyl (C=O) groups is 3. The fourth-order valence-corrected chi connectivity index (χ4v) is 3.74. The molecule has 8 heteroatoms. The highest BCUT2D eigenvalue weighted by molar-refractivity contribution is 5.92. The number of hydrogen-bond donors (Lipinski definition) is 0. The van der Waals surface area contributed by atoms with Crippen molar-refractivity contribution in [2.45, 2.75) is 13.0 Å². The number of nitrogens with zero attached hydrogens (tertiary/aromatic N) is 4. The van der Waals surface area contributed by atoms with Crippen molar-refractivity contribution in [2.75, 3.05) is 32.7 Å². The molecule has 4 rings (SSSR count). The topological polar surface area (TPSA) is 87.0 Å². The molecule has 0 aromatic carbocycles. The molecule has 0 spiro atoms. The molecule has 2 aromatic heterocycles. The number of pyridine rings is 1. The molecule has 146 valence electrons. The Balaban J connectivity index is 1.31. The second-order valence-corrected chi connectivity index (χ2v) is 7.13. The molecule has 1 unspecified atom stereocenters. The van der Waals surface area contributed by atoms with Gasteiger partial charge in [0.15, 0.2) is 5.76 Å². The molecule has 2 aromatic rings. The van der Waals surface area contributed by atoms with Crippen LogP contribution in [0.1, 0.15) is 22.5 Å². The van der Waals surface area contributed by atoms with Gasteiger partial charge in [-0.25, -0.2) is 0 Å². The minimum atomic E-state index is -0.318. The van der Waals surface area contributed by atoms with Crippen LogP contribution in [0.4, 0.5) is 0 Å². The first-order valence-corrected chi connectivity index (χ1v) is 9.40. The SMILES string of the molecule is O=C1CC(C(=O)N2CCN(C(=O)c3ccco3)CC2)CN1Cc1ccncc1. The lowest BCUT2D eigenvalue weighted by Crippen LogP contribution is -2.52. The van der Waals surface area contributed by atoms with Crippen molar-refractivity contribution < 1.29 is 18.8 Å². The molecule has 1 atom stereocenters. The van der Waals surface area contributed by atoms with Crippen molar-refractivity contribution in [3.63, 3.8) is 0 Å². The normalized spacial score (nSPS) is 19.9. The first-order valence-electron chi connectivity index (χ1n) is 9.40. The van der Waals surface area contributed by atoms with Gasteiger partial charge in [0.25, 0.3) is 5.91 Å². The van der Waals surface area contributed by atoms with Crippen LogP contribution in [0.3, 0.4) is 0 Å². The third-order valence-electron chi connectivity index (χ3n) is 5.30. The summed E-state index contributed by atoms with van der Waals surface area (Å²) in [5.41, 5.74) is 1.00. The molecule has 4 heterocycles. The Bertz CT molecular complexity index is 844. The minimum absolute atomic E-state index is 0.00166. The largest absolute Gasteiger partial charge is 0.459 e. The lowest BCUT2D eigenvalue weighted by molar-refractivity contribution is -0.137. The average molecular weight is 382 g/mol. The summed E-state index contributed by atoms with van der Waals surface area (Å²) in [6.07, 6.45) is 5.11. The first-order chi connectivity index (χ1) is 13.6. The van der Waals surface area contributed by atoms with Crippen LogP contribution in [0.5, 0.6) is 0 Å². The molecule has 0 radical (unpaired) electrons. The predicted molar refractivity (Wildman–Crippen MR) is 99.0 cm³/mol. The molecule has 2 aliphatic rings. The number of aromatic nitrogens is 1. The van der Waals surface area contributed by atoms with Crippen molar-refractivity contribution in [3.05, 3.63) is 54.2 Å². The second kappa shape index (κ2) is 7.84. The van der Waals surface area contributed by atoms with Gasteiger partial charge in [-0.3, -0.25) is 19.4 Å². The third kappa shape index (κ3) is 3.76. The van der Waals surface area contributed by atoms with E-state index in [1.807, 2.05) is 12.1 Å². The summed E-state index contributed by atoms with van der Waals surface area (Å²) in [5, 5.41) is 0. The maximum atomic E-state index is 12.9. The van der Waals surface area contributed by atoms with Crippen LogP contribution < -0.4 is 0 Å². The van der Waals surface area contributed by atoms with Gasteiger partial charge in [0.2, 0.25) is 11.8 Å². The van der Waals surface area contributed by atoms with E-state index in [0.717, 1.165) is 5.56 Å². The van der Waals surface area contributed by atoms with Gasteiger partial charge in [0.1, 0.15) is 0 Å². The molecular formula is C20H22N4O4. The first kappa shape index (κ1) is 18.2. The van der Waals surface area contributed by atoms with E-state index in [1.54, 1.807) is 39.2 Å². The lowest BCUT2D eigenvalue weighted by Gasteiger charge is -2.35. The van der Waals surface area contributed by atoms with Gasteiger partial charge in [-0.15, -0.1) is 0 Å². The van der Waals surface area contributed by atoms with Gasteiger partial charge in [0, 0.05) is 58.1 Å². The zero-order valence-corrected chi connectivity index (χ0v) is 15.5. The Morgan fingerprint density at radius 1 is 1.07 bits per heavy atom. The number of carbonyl (C=O) groups excluding carboxylic acids is 3. The van der Waals surface area contributed by atoms with Gasteiger partial charge in [-0.1, -0.05) is 0 Å². The molecule has 0 N–H and O–H groups in total. The van der Waals surface area contributed by atoms with Gasteiger partial charge in [0.05, 0.1) is 12.2 Å². The molecule has 0 bridgehead atoms. The van der Waals surface area contributed by atoms with Crippen molar-refractivity contribution in [3.8, 4) is 0 Å². The third-order valence-corrected chi connectivity index (χ3v) is 5.30. The van der Waals surface area contributed by atoms with Crippen molar-refractivity contribution >= 4 is 17.7 Å². The minimum Gasteiger partial charge on any atom is -0.459 e. The van der Waals surface area contributed by atoms with E-state index in [9.17, 15) is 14.4 Å². The molecule has 0 saturated carbocycles. The summed E-state index contributed by atoms with van der Waals surface area (Å²) in [6.45, 7) is 2.81. The maximum Gasteiger partial charge on any atom is 0.289 e. The maximum absolute atomic E-state index is 12.9. The van der Waals surface area contributed by atoms with Crippen LogP contribution >= 0.6 is 0 Å². The van der Waals surface area contributed by atoms with E-state index < -0.39 is 0 Å². The molecule has 8 nitrogen and oxygen atoms in total. The molecule has 0 aliphatic carbocycles. The van der Waals surface area contributed by atoms with E-state index in [-0.39, 0.29) is 30.1 Å². The van der Waals surface area contributed by atoms with Crippen molar-refractivity contribution in [1.29, 1.82) is 0 Å². The van der Waals surface area contributed by atoms with Crippen molar-refractivity contribution in [1.82, 2.24) is 19.7 Å². The summed E-state index contributed by atoms with van der Waals surface area (Å²) < 4.78 is 5.16. The summed E-state index contributed by atoms with van der Waals surface area (Å²) in [4.78, 5) is 46.7. The smallest absolute Gasteiger partial charge is 0.289 e. The Morgan fingerprint density at radius 2 is 1.79 bits per heavy atom. The Kier molecular flexibility index (Phi) is 5.10. The molecule has 2 fully saturated rings. The zero-order chi connectivity index (χ0) is 19.5. The summed E-state index contributed by atoms with van der Waals surface area (Å²) in [6, 6.07) is 7.07. The van der Waals surface area contributed by atoms with Crippen LogP contribution in [0.2, 0.25) is 0 Å². The quantitative estimate of drug-likeness (QED) is 0.788. The number of rotatable bonds is 4. The van der Waals surface area contributed by atoms with Crippen LogP contribution in [0.25, 0.3) is 0 Å². The van der Waals surface area contributed by atoms with E-state index in [0.29, 0.717) is 45.0 Å². The second-order valence-electron chi connectivity index (χ2n) is 7.13. The number of furan rings is 1. The average Bonchev–Trinajstić information content (AvgIpc) is 3.38. The lowest BCUT2D eigenvalue weighted by atomic mass is 10.1. The number of amides is 3. The summed E-state index contributed by atoms with van der Waals surface area (Å²) in [7, 11) is 0. The van der Waals surface area contributed by atoms with E-state index >= 15 is 0 Å². The Labute approximate surface area is 162 Å². The van der Waals surface area contributed by atoms with Crippen LogP contribution in [-0.2, 0) is 16.1 Å².